The summed E-state index contributed by atoms with van der Waals surface area (Å²) in [6.07, 6.45) is 0.700. The molecule has 1 fully saturated rings. The molecule has 162 valence electrons. The summed E-state index contributed by atoms with van der Waals surface area (Å²) in [5, 5.41) is 11.4. The van der Waals surface area contributed by atoms with E-state index in [1.165, 1.54) is 5.56 Å². The van der Waals surface area contributed by atoms with Gasteiger partial charge in [-0.25, -0.2) is 0 Å². The lowest BCUT2D eigenvalue weighted by molar-refractivity contribution is -0.122. The van der Waals surface area contributed by atoms with Gasteiger partial charge < -0.3 is 14.5 Å². The lowest BCUT2D eigenvalue weighted by Gasteiger charge is -2.31. The quantitative estimate of drug-likeness (QED) is 0.603. The normalized spacial score (nSPS) is 15.5. The number of carbonyl (C=O) groups is 1. The van der Waals surface area contributed by atoms with Crippen LogP contribution in [0.3, 0.4) is 0 Å². The predicted molar refractivity (Wildman–Crippen MR) is 117 cm³/mol. The first-order valence-electron chi connectivity index (χ1n) is 10.7. The smallest absolute Gasteiger partial charge is 0.247 e. The Labute approximate surface area is 182 Å². The van der Waals surface area contributed by atoms with Crippen molar-refractivity contribution in [2.45, 2.75) is 25.8 Å². The van der Waals surface area contributed by atoms with Crippen LogP contribution in [-0.4, -0.2) is 53.9 Å². The van der Waals surface area contributed by atoms with Gasteiger partial charge in [-0.15, -0.1) is 10.2 Å². The van der Waals surface area contributed by atoms with Crippen molar-refractivity contribution in [2.75, 3.05) is 32.8 Å². The molecule has 2 heterocycles. The molecular weight excluding hydrogens is 392 g/mol. The predicted octanol–water partition coefficient (Wildman–Crippen LogP) is 3.17. The fourth-order valence-corrected chi connectivity index (χ4v) is 3.62. The number of morpholine rings is 1. The van der Waals surface area contributed by atoms with Gasteiger partial charge in [0.2, 0.25) is 17.7 Å². The summed E-state index contributed by atoms with van der Waals surface area (Å²) < 4.78 is 11.2. The minimum atomic E-state index is -0.0717. The van der Waals surface area contributed by atoms with Gasteiger partial charge in [0.05, 0.1) is 19.3 Å². The van der Waals surface area contributed by atoms with Crippen LogP contribution in [0.1, 0.15) is 29.5 Å². The van der Waals surface area contributed by atoms with E-state index in [-0.39, 0.29) is 11.9 Å². The SMILES string of the molecule is Cc1ccc(-c2nnc(CCC(=O)N[C@@H](CN3CCOCC3)c3ccccc3)o2)cc1. The molecule has 31 heavy (non-hydrogen) atoms. The highest BCUT2D eigenvalue weighted by Gasteiger charge is 2.20. The first kappa shape index (κ1) is 21.2. The van der Waals surface area contributed by atoms with E-state index in [2.05, 4.69) is 32.5 Å². The molecule has 1 N–H and O–H groups in total. The molecular formula is C24H28N4O3. The Kier molecular flexibility index (Phi) is 7.07. The molecule has 1 amide bonds. The van der Waals surface area contributed by atoms with E-state index in [9.17, 15) is 4.79 Å². The highest BCUT2D eigenvalue weighted by atomic mass is 16.5. The fraction of sp³-hybridized carbons (Fsp3) is 0.375. The van der Waals surface area contributed by atoms with Crippen LogP contribution in [-0.2, 0) is 16.0 Å². The molecule has 0 spiro atoms. The second-order valence-electron chi connectivity index (χ2n) is 7.81. The maximum Gasteiger partial charge on any atom is 0.247 e. The van der Waals surface area contributed by atoms with E-state index in [1.807, 2.05) is 49.4 Å². The van der Waals surface area contributed by atoms with Gasteiger partial charge in [0, 0.05) is 38.0 Å². The maximum atomic E-state index is 12.7. The van der Waals surface area contributed by atoms with Crippen LogP contribution in [0, 0.1) is 6.92 Å². The Bertz CT molecular complexity index is 966. The number of benzene rings is 2. The minimum absolute atomic E-state index is 0.0304. The van der Waals surface area contributed by atoms with Gasteiger partial charge in [-0.1, -0.05) is 48.0 Å². The van der Waals surface area contributed by atoms with Crippen molar-refractivity contribution in [2.24, 2.45) is 0 Å². The van der Waals surface area contributed by atoms with Gasteiger partial charge in [-0.2, -0.15) is 0 Å². The summed E-state index contributed by atoms with van der Waals surface area (Å²) in [6.45, 7) is 6.01. The van der Waals surface area contributed by atoms with Gasteiger partial charge in [-0.3, -0.25) is 9.69 Å². The van der Waals surface area contributed by atoms with E-state index in [0.29, 0.717) is 24.6 Å². The maximum absolute atomic E-state index is 12.7. The van der Waals surface area contributed by atoms with Crippen LogP contribution >= 0.6 is 0 Å². The van der Waals surface area contributed by atoms with Crippen LogP contribution in [0.4, 0.5) is 0 Å². The average molecular weight is 421 g/mol. The molecule has 1 aliphatic heterocycles. The largest absolute Gasteiger partial charge is 0.421 e. The average Bonchev–Trinajstić information content (AvgIpc) is 3.28. The van der Waals surface area contributed by atoms with Crippen molar-refractivity contribution >= 4 is 5.91 Å². The first-order chi connectivity index (χ1) is 15.2. The first-order valence-corrected chi connectivity index (χ1v) is 10.7. The Hall–Kier alpha value is -3.03. The molecule has 3 aromatic rings. The second-order valence-corrected chi connectivity index (χ2v) is 7.81. The van der Waals surface area contributed by atoms with E-state index in [1.54, 1.807) is 0 Å². The van der Waals surface area contributed by atoms with Crippen LogP contribution in [0.25, 0.3) is 11.5 Å². The third-order valence-corrected chi connectivity index (χ3v) is 5.41. The van der Waals surface area contributed by atoms with Crippen LogP contribution in [0.15, 0.2) is 59.0 Å². The Balaban J connectivity index is 1.35. The van der Waals surface area contributed by atoms with E-state index in [0.717, 1.165) is 44.0 Å². The molecule has 1 aliphatic rings. The number of nitrogens with zero attached hydrogens (tertiary/aromatic N) is 3. The molecule has 1 saturated heterocycles. The number of hydrogen-bond acceptors (Lipinski definition) is 6. The summed E-state index contributed by atoms with van der Waals surface area (Å²) >= 11 is 0. The van der Waals surface area contributed by atoms with Crippen molar-refractivity contribution in [3.63, 3.8) is 0 Å². The third kappa shape index (κ3) is 5.99. The number of aromatic nitrogens is 2. The number of hydrogen-bond donors (Lipinski definition) is 1. The Morgan fingerprint density at radius 1 is 1.06 bits per heavy atom. The van der Waals surface area contributed by atoms with Gasteiger partial charge in [0.25, 0.3) is 0 Å². The summed E-state index contributed by atoms with van der Waals surface area (Å²) in [6, 6.07) is 17.9. The van der Waals surface area contributed by atoms with Gasteiger partial charge in [0.1, 0.15) is 0 Å². The number of ether oxygens (including phenoxy) is 1. The van der Waals surface area contributed by atoms with Crippen LogP contribution < -0.4 is 5.32 Å². The molecule has 0 unspecified atom stereocenters. The summed E-state index contributed by atoms with van der Waals surface area (Å²) in [5.41, 5.74) is 3.15. The molecule has 7 heteroatoms. The molecule has 0 radical (unpaired) electrons. The monoisotopic (exact) mass is 420 g/mol. The highest BCUT2D eigenvalue weighted by molar-refractivity contribution is 5.76. The zero-order chi connectivity index (χ0) is 21.5. The van der Waals surface area contributed by atoms with E-state index in [4.69, 9.17) is 9.15 Å². The van der Waals surface area contributed by atoms with Crippen molar-refractivity contribution in [3.05, 3.63) is 71.6 Å². The van der Waals surface area contributed by atoms with Crippen molar-refractivity contribution in [3.8, 4) is 11.5 Å². The molecule has 0 saturated carbocycles. The Morgan fingerprint density at radius 2 is 1.81 bits per heavy atom. The summed E-state index contributed by atoms with van der Waals surface area (Å²) in [7, 11) is 0. The zero-order valence-electron chi connectivity index (χ0n) is 17.8. The van der Waals surface area contributed by atoms with E-state index < -0.39 is 0 Å². The highest BCUT2D eigenvalue weighted by Crippen LogP contribution is 2.19. The number of nitrogens with one attached hydrogen (secondary N) is 1. The number of aryl methyl sites for hydroxylation is 2. The van der Waals surface area contributed by atoms with Crippen LogP contribution in [0.5, 0.6) is 0 Å². The molecule has 2 aromatic carbocycles. The fourth-order valence-electron chi connectivity index (χ4n) is 3.62. The number of amides is 1. The minimum Gasteiger partial charge on any atom is -0.421 e. The standard InChI is InChI=1S/C24H28N4O3/c1-18-7-9-20(10-8-18)24-27-26-23(31-24)12-11-22(29)25-21(19-5-3-2-4-6-19)17-28-13-15-30-16-14-28/h2-10,21H,11-17H2,1H3,(H,25,29)/t21-/m0/s1. The molecule has 4 rings (SSSR count). The number of carbonyl (C=O) groups excluding carboxylic acids is 1. The number of rotatable bonds is 8. The Morgan fingerprint density at radius 3 is 2.55 bits per heavy atom. The lowest BCUT2D eigenvalue weighted by atomic mass is 10.1. The lowest BCUT2D eigenvalue weighted by Crippen LogP contribution is -2.43. The topological polar surface area (TPSA) is 80.5 Å². The van der Waals surface area contributed by atoms with Gasteiger partial charge >= 0.3 is 0 Å². The van der Waals surface area contributed by atoms with Crippen molar-refractivity contribution in [1.82, 2.24) is 20.4 Å². The van der Waals surface area contributed by atoms with Crippen molar-refractivity contribution < 1.29 is 13.9 Å². The second kappa shape index (κ2) is 10.3. The van der Waals surface area contributed by atoms with Gasteiger partial charge in [-0.05, 0) is 24.6 Å². The summed E-state index contributed by atoms with van der Waals surface area (Å²) in [5.74, 6) is 0.914. The molecule has 0 bridgehead atoms. The van der Waals surface area contributed by atoms with Crippen LogP contribution in [0.2, 0.25) is 0 Å². The van der Waals surface area contributed by atoms with Crippen molar-refractivity contribution in [1.29, 1.82) is 0 Å². The molecule has 1 atom stereocenters. The van der Waals surface area contributed by atoms with E-state index >= 15 is 0 Å². The third-order valence-electron chi connectivity index (χ3n) is 5.41. The van der Waals surface area contributed by atoms with Gasteiger partial charge in [0.15, 0.2) is 0 Å². The zero-order valence-corrected chi connectivity index (χ0v) is 17.8. The molecule has 0 aliphatic carbocycles. The molecule has 1 aromatic heterocycles. The summed E-state index contributed by atoms with van der Waals surface area (Å²) in [4.78, 5) is 15.0. The molecule has 7 nitrogen and oxygen atoms in total.